The molecule has 33 heavy (non-hydrogen) atoms. The van der Waals surface area contributed by atoms with Crippen LogP contribution in [0.2, 0.25) is 15.1 Å². The monoisotopic (exact) mass is 503 g/mol. The molecule has 0 aliphatic heterocycles. The molecule has 0 radical (unpaired) electrons. The molecule has 0 fully saturated rings. The Hall–Kier alpha value is -2.93. The minimum atomic E-state index is -0.380. The Labute approximate surface area is 206 Å². The molecule has 4 aromatic rings. The van der Waals surface area contributed by atoms with Gasteiger partial charge in [0.25, 0.3) is 5.91 Å². The highest BCUT2D eigenvalue weighted by molar-refractivity contribution is 6.35. The van der Waals surface area contributed by atoms with Gasteiger partial charge in [-0.1, -0.05) is 53.0 Å². The zero-order valence-corrected chi connectivity index (χ0v) is 20.1. The van der Waals surface area contributed by atoms with Crippen molar-refractivity contribution < 1.29 is 13.9 Å². The third-order valence-corrected chi connectivity index (χ3v) is 5.95. The van der Waals surface area contributed by atoms with Crippen LogP contribution in [0.5, 0.6) is 5.75 Å². The Morgan fingerprint density at radius 2 is 1.85 bits per heavy atom. The number of amides is 1. The van der Waals surface area contributed by atoms with Crippen molar-refractivity contribution in [2.75, 3.05) is 5.32 Å². The lowest BCUT2D eigenvalue weighted by molar-refractivity contribution is 0.0992. The molecule has 0 spiro atoms. The van der Waals surface area contributed by atoms with Crippen molar-refractivity contribution in [1.82, 2.24) is 9.78 Å². The van der Waals surface area contributed by atoms with Gasteiger partial charge in [0.15, 0.2) is 5.76 Å². The summed E-state index contributed by atoms with van der Waals surface area (Å²) in [7, 11) is 0. The summed E-state index contributed by atoms with van der Waals surface area (Å²) < 4.78 is 13.1. The Morgan fingerprint density at radius 1 is 1.06 bits per heavy atom. The molecule has 0 saturated heterocycles. The quantitative estimate of drug-likeness (QED) is 0.296. The van der Waals surface area contributed by atoms with Crippen molar-refractivity contribution in [2.24, 2.45) is 0 Å². The van der Waals surface area contributed by atoms with E-state index < -0.39 is 0 Å². The van der Waals surface area contributed by atoms with Crippen molar-refractivity contribution in [3.63, 3.8) is 0 Å². The van der Waals surface area contributed by atoms with Gasteiger partial charge in [-0.3, -0.25) is 9.48 Å². The maximum Gasteiger partial charge on any atom is 0.291 e. The first-order valence-corrected chi connectivity index (χ1v) is 11.2. The van der Waals surface area contributed by atoms with Crippen LogP contribution in [0.15, 0.2) is 59.0 Å². The zero-order valence-electron chi connectivity index (χ0n) is 17.9. The summed E-state index contributed by atoms with van der Waals surface area (Å²) in [6.45, 7) is 4.30. The summed E-state index contributed by atoms with van der Waals surface area (Å²) in [5, 5.41) is 9.06. The molecular formula is C24H20Cl3N3O3. The van der Waals surface area contributed by atoms with E-state index in [1.54, 1.807) is 41.1 Å². The van der Waals surface area contributed by atoms with Crippen molar-refractivity contribution in [3.8, 4) is 5.75 Å². The number of anilines is 1. The van der Waals surface area contributed by atoms with Crippen LogP contribution < -0.4 is 10.1 Å². The van der Waals surface area contributed by atoms with Gasteiger partial charge >= 0.3 is 0 Å². The average Bonchev–Trinajstić information content (AvgIpc) is 3.35. The molecule has 1 amide bonds. The van der Waals surface area contributed by atoms with Gasteiger partial charge in [0, 0.05) is 10.0 Å². The standard InChI is InChI=1S/C24H20Cl3N3O3/c1-14-23(15(2)30(29-14)12-16-7-8-17(25)11-20(16)27)28-24(31)22-10-9-18(33-22)13-32-21-6-4-3-5-19(21)26/h3-11H,12-13H2,1-2H3,(H,28,31). The third kappa shape index (κ3) is 5.36. The van der Waals surface area contributed by atoms with E-state index in [9.17, 15) is 4.79 Å². The minimum absolute atomic E-state index is 0.148. The van der Waals surface area contributed by atoms with Crippen LogP contribution >= 0.6 is 34.8 Å². The highest BCUT2D eigenvalue weighted by Gasteiger charge is 2.18. The average molecular weight is 505 g/mol. The highest BCUT2D eigenvalue weighted by Crippen LogP contribution is 2.26. The normalized spacial score (nSPS) is 10.9. The second-order valence-corrected chi connectivity index (χ2v) is 8.63. The number of benzene rings is 2. The molecule has 0 saturated carbocycles. The van der Waals surface area contributed by atoms with E-state index in [0.717, 1.165) is 11.3 Å². The number of furan rings is 1. The molecule has 1 N–H and O–H groups in total. The molecule has 2 heterocycles. The lowest BCUT2D eigenvalue weighted by Crippen LogP contribution is -2.12. The maximum atomic E-state index is 12.8. The minimum Gasteiger partial charge on any atom is -0.484 e. The molecule has 0 aliphatic rings. The number of carbonyl (C=O) groups excluding carboxylic acids is 1. The molecule has 170 valence electrons. The number of halogens is 3. The van der Waals surface area contributed by atoms with Crippen LogP contribution in [-0.4, -0.2) is 15.7 Å². The molecule has 9 heteroatoms. The molecule has 0 unspecified atom stereocenters. The Balaban J connectivity index is 1.44. The van der Waals surface area contributed by atoms with Crippen LogP contribution in [0.25, 0.3) is 0 Å². The number of carbonyl (C=O) groups is 1. The van der Waals surface area contributed by atoms with Gasteiger partial charge in [0.05, 0.1) is 28.6 Å². The van der Waals surface area contributed by atoms with Crippen molar-refractivity contribution >= 4 is 46.4 Å². The van der Waals surface area contributed by atoms with Crippen molar-refractivity contribution in [3.05, 3.63) is 98.1 Å². The van der Waals surface area contributed by atoms with E-state index in [0.29, 0.717) is 44.5 Å². The molecule has 0 atom stereocenters. The summed E-state index contributed by atoms with van der Waals surface area (Å²) in [5.74, 6) is 0.830. The maximum absolute atomic E-state index is 12.8. The summed E-state index contributed by atoms with van der Waals surface area (Å²) in [6.07, 6.45) is 0. The van der Waals surface area contributed by atoms with E-state index in [-0.39, 0.29) is 18.3 Å². The van der Waals surface area contributed by atoms with Crippen LogP contribution in [0, 0.1) is 13.8 Å². The van der Waals surface area contributed by atoms with Crippen LogP contribution in [0.3, 0.4) is 0 Å². The smallest absolute Gasteiger partial charge is 0.291 e. The van der Waals surface area contributed by atoms with E-state index in [1.807, 2.05) is 32.0 Å². The Bertz CT molecular complexity index is 1310. The molecule has 0 aliphatic carbocycles. The predicted octanol–water partition coefficient (Wildman–Crippen LogP) is 6.93. The number of rotatable bonds is 7. The summed E-state index contributed by atoms with van der Waals surface area (Å²) in [4.78, 5) is 12.8. The zero-order chi connectivity index (χ0) is 23.5. The van der Waals surface area contributed by atoms with E-state index in [1.165, 1.54) is 0 Å². The molecule has 2 aromatic carbocycles. The van der Waals surface area contributed by atoms with Gasteiger partial charge in [-0.15, -0.1) is 0 Å². The van der Waals surface area contributed by atoms with Crippen LogP contribution in [-0.2, 0) is 13.2 Å². The topological polar surface area (TPSA) is 69.3 Å². The first-order chi connectivity index (χ1) is 15.8. The van der Waals surface area contributed by atoms with Crippen molar-refractivity contribution in [2.45, 2.75) is 27.0 Å². The highest BCUT2D eigenvalue weighted by atomic mass is 35.5. The molecule has 4 rings (SSSR count). The largest absolute Gasteiger partial charge is 0.484 e. The van der Waals surface area contributed by atoms with Crippen LogP contribution in [0.1, 0.15) is 33.3 Å². The first-order valence-electron chi connectivity index (χ1n) is 10.1. The predicted molar refractivity (Wildman–Crippen MR) is 130 cm³/mol. The van der Waals surface area contributed by atoms with Gasteiger partial charge in [-0.25, -0.2) is 0 Å². The van der Waals surface area contributed by atoms with E-state index in [4.69, 9.17) is 44.0 Å². The third-order valence-electron chi connectivity index (χ3n) is 5.05. The van der Waals surface area contributed by atoms with Gasteiger partial charge in [-0.2, -0.15) is 5.10 Å². The number of aryl methyl sites for hydroxylation is 1. The van der Waals surface area contributed by atoms with Crippen LogP contribution in [0.4, 0.5) is 5.69 Å². The van der Waals surface area contributed by atoms with Gasteiger partial charge in [-0.05, 0) is 55.8 Å². The fourth-order valence-electron chi connectivity index (χ4n) is 3.31. The summed E-state index contributed by atoms with van der Waals surface area (Å²) in [6, 6.07) is 15.8. The molecule has 2 aromatic heterocycles. The van der Waals surface area contributed by atoms with Gasteiger partial charge in [0.2, 0.25) is 0 Å². The van der Waals surface area contributed by atoms with Gasteiger partial charge < -0.3 is 14.5 Å². The number of nitrogens with zero attached hydrogens (tertiary/aromatic N) is 2. The number of para-hydroxylation sites is 1. The number of aromatic nitrogens is 2. The second-order valence-electron chi connectivity index (χ2n) is 7.38. The summed E-state index contributed by atoms with van der Waals surface area (Å²) >= 11 is 18.4. The molecule has 6 nitrogen and oxygen atoms in total. The molecule has 0 bridgehead atoms. The summed E-state index contributed by atoms with van der Waals surface area (Å²) in [5.41, 5.74) is 2.97. The lowest BCUT2D eigenvalue weighted by atomic mass is 10.2. The number of hydrogen-bond donors (Lipinski definition) is 1. The lowest BCUT2D eigenvalue weighted by Gasteiger charge is -2.08. The number of ether oxygens (including phenoxy) is 1. The fourth-order valence-corrected chi connectivity index (χ4v) is 3.96. The van der Waals surface area contributed by atoms with Gasteiger partial charge in [0.1, 0.15) is 18.1 Å². The Kier molecular flexibility index (Phi) is 6.98. The SMILES string of the molecule is Cc1nn(Cc2ccc(Cl)cc2Cl)c(C)c1NC(=O)c1ccc(COc2ccccc2Cl)o1. The van der Waals surface area contributed by atoms with Crippen molar-refractivity contribution in [1.29, 1.82) is 0 Å². The fraction of sp³-hybridized carbons (Fsp3) is 0.167. The Morgan fingerprint density at radius 3 is 2.61 bits per heavy atom. The van der Waals surface area contributed by atoms with E-state index in [2.05, 4.69) is 10.4 Å². The number of nitrogens with one attached hydrogen (secondary N) is 1. The van der Waals surface area contributed by atoms with E-state index >= 15 is 0 Å². The second kappa shape index (κ2) is 9.91. The first kappa shape index (κ1) is 23.2. The molecular weight excluding hydrogens is 485 g/mol. The number of hydrogen-bond acceptors (Lipinski definition) is 4.